The average Bonchev–Trinajstić information content (AvgIpc) is 3.02. The summed E-state index contributed by atoms with van der Waals surface area (Å²) in [5.74, 6) is 0.210. The lowest BCUT2D eigenvalue weighted by Crippen LogP contribution is -2.44. The lowest BCUT2D eigenvalue weighted by atomic mass is 10.1. The molecule has 0 unspecified atom stereocenters. The summed E-state index contributed by atoms with van der Waals surface area (Å²) < 4.78 is 2.02. The van der Waals surface area contributed by atoms with Crippen molar-refractivity contribution in [1.29, 1.82) is 0 Å². The number of nitrogens with zero attached hydrogens (tertiary/aromatic N) is 4. The molecule has 1 saturated heterocycles. The number of amides is 1. The van der Waals surface area contributed by atoms with Crippen LogP contribution in [0.2, 0.25) is 0 Å². The van der Waals surface area contributed by atoms with E-state index < -0.39 is 0 Å². The second-order valence-electron chi connectivity index (χ2n) is 6.79. The fourth-order valence-electron chi connectivity index (χ4n) is 3.31. The molecule has 5 nitrogen and oxygen atoms in total. The summed E-state index contributed by atoms with van der Waals surface area (Å²) in [6.07, 6.45) is 6.08. The van der Waals surface area contributed by atoms with Crippen LogP contribution in [-0.4, -0.2) is 52.2 Å². The summed E-state index contributed by atoms with van der Waals surface area (Å²) in [6, 6.07) is 10.6. The van der Waals surface area contributed by atoms with Gasteiger partial charge in [-0.05, 0) is 37.9 Å². The van der Waals surface area contributed by atoms with E-state index in [0.717, 1.165) is 32.5 Å². The second-order valence-corrected chi connectivity index (χ2v) is 6.79. The van der Waals surface area contributed by atoms with Gasteiger partial charge in [-0.2, -0.15) is 5.10 Å². The van der Waals surface area contributed by atoms with Crippen molar-refractivity contribution in [2.75, 3.05) is 26.7 Å². The summed E-state index contributed by atoms with van der Waals surface area (Å²) in [4.78, 5) is 16.7. The van der Waals surface area contributed by atoms with Crippen molar-refractivity contribution in [2.45, 2.75) is 32.4 Å². The van der Waals surface area contributed by atoms with Crippen molar-refractivity contribution in [3.8, 4) is 0 Å². The van der Waals surface area contributed by atoms with Crippen LogP contribution < -0.4 is 0 Å². The second kappa shape index (κ2) is 7.62. The zero-order valence-corrected chi connectivity index (χ0v) is 14.6. The molecule has 1 amide bonds. The smallest absolute Gasteiger partial charge is 0.236 e. The third-order valence-corrected chi connectivity index (χ3v) is 4.55. The molecule has 0 N–H and O–H groups in total. The van der Waals surface area contributed by atoms with E-state index in [1.807, 2.05) is 47.9 Å². The van der Waals surface area contributed by atoms with Crippen LogP contribution in [0, 0.1) is 6.92 Å². The van der Waals surface area contributed by atoms with Gasteiger partial charge in [0.1, 0.15) is 0 Å². The van der Waals surface area contributed by atoms with Gasteiger partial charge in [-0.25, -0.2) is 0 Å². The molecule has 128 valence electrons. The van der Waals surface area contributed by atoms with Crippen LogP contribution in [-0.2, 0) is 11.3 Å². The Balaban J connectivity index is 1.54. The van der Waals surface area contributed by atoms with Crippen molar-refractivity contribution in [3.05, 3.63) is 53.9 Å². The van der Waals surface area contributed by atoms with E-state index in [2.05, 4.69) is 28.3 Å². The summed E-state index contributed by atoms with van der Waals surface area (Å²) in [5, 5.41) is 4.42. The Morgan fingerprint density at radius 2 is 2.12 bits per heavy atom. The molecule has 2 heterocycles. The highest BCUT2D eigenvalue weighted by atomic mass is 16.2. The Kier molecular flexibility index (Phi) is 5.30. The lowest BCUT2D eigenvalue weighted by molar-refractivity contribution is -0.133. The van der Waals surface area contributed by atoms with Crippen LogP contribution in [0.5, 0.6) is 0 Å². The molecule has 1 aromatic carbocycles. The first-order valence-corrected chi connectivity index (χ1v) is 8.63. The Labute approximate surface area is 143 Å². The fourth-order valence-corrected chi connectivity index (χ4v) is 3.31. The number of hydrogen-bond acceptors (Lipinski definition) is 3. The normalized spacial score (nSPS) is 18.1. The number of rotatable bonds is 5. The summed E-state index contributed by atoms with van der Waals surface area (Å²) >= 11 is 0. The van der Waals surface area contributed by atoms with Crippen LogP contribution in [0.25, 0.3) is 0 Å². The molecule has 3 rings (SSSR count). The molecule has 5 heteroatoms. The maximum atomic E-state index is 12.6. The maximum absolute atomic E-state index is 12.6. The monoisotopic (exact) mass is 326 g/mol. The molecule has 0 bridgehead atoms. The minimum Gasteiger partial charge on any atom is -0.339 e. The molecule has 1 aliphatic heterocycles. The zero-order chi connectivity index (χ0) is 16.9. The van der Waals surface area contributed by atoms with Gasteiger partial charge in [0.05, 0.1) is 18.8 Å². The molecule has 0 spiro atoms. The predicted molar refractivity (Wildman–Crippen MR) is 94.6 cm³/mol. The minimum atomic E-state index is 0.210. The van der Waals surface area contributed by atoms with E-state index in [1.54, 1.807) is 0 Å². The molecular weight excluding hydrogens is 300 g/mol. The Bertz CT molecular complexity index is 667. The minimum absolute atomic E-state index is 0.210. The van der Waals surface area contributed by atoms with Crippen LogP contribution >= 0.6 is 0 Å². The molecule has 1 atom stereocenters. The maximum Gasteiger partial charge on any atom is 0.236 e. The number of carbonyl (C=O) groups excluding carboxylic acids is 1. The van der Waals surface area contributed by atoms with Gasteiger partial charge in [0.25, 0.3) is 0 Å². The molecular formula is C19H26N4O. The molecule has 1 fully saturated rings. The Morgan fingerprint density at radius 1 is 1.33 bits per heavy atom. The first-order valence-electron chi connectivity index (χ1n) is 8.63. The highest BCUT2D eigenvalue weighted by Crippen LogP contribution is 2.21. The Morgan fingerprint density at radius 3 is 2.83 bits per heavy atom. The fraction of sp³-hybridized carbons (Fsp3) is 0.474. The predicted octanol–water partition coefficient (Wildman–Crippen LogP) is 2.49. The van der Waals surface area contributed by atoms with Gasteiger partial charge in [-0.15, -0.1) is 0 Å². The van der Waals surface area contributed by atoms with E-state index in [0.29, 0.717) is 12.6 Å². The third-order valence-electron chi connectivity index (χ3n) is 4.55. The van der Waals surface area contributed by atoms with Gasteiger partial charge >= 0.3 is 0 Å². The largest absolute Gasteiger partial charge is 0.339 e. The van der Waals surface area contributed by atoms with Crippen LogP contribution in [0.4, 0.5) is 0 Å². The van der Waals surface area contributed by atoms with Gasteiger partial charge in [0.15, 0.2) is 0 Å². The molecule has 2 aromatic rings. The topological polar surface area (TPSA) is 41.4 Å². The zero-order valence-electron chi connectivity index (χ0n) is 14.6. The molecule has 0 saturated carbocycles. The van der Waals surface area contributed by atoms with E-state index in [4.69, 9.17) is 0 Å². The lowest BCUT2D eigenvalue weighted by Gasteiger charge is -2.34. The van der Waals surface area contributed by atoms with Crippen molar-refractivity contribution < 1.29 is 4.79 Å². The highest BCUT2D eigenvalue weighted by Gasteiger charge is 2.25. The number of carbonyl (C=O) groups is 1. The van der Waals surface area contributed by atoms with Crippen molar-refractivity contribution in [1.82, 2.24) is 19.6 Å². The van der Waals surface area contributed by atoms with Crippen LogP contribution in [0.15, 0.2) is 42.7 Å². The molecule has 24 heavy (non-hydrogen) atoms. The molecule has 0 radical (unpaired) electrons. The number of aryl methyl sites for hydroxylation is 1. The van der Waals surface area contributed by atoms with Gasteiger partial charge in [-0.1, -0.05) is 30.3 Å². The van der Waals surface area contributed by atoms with Crippen molar-refractivity contribution in [3.63, 3.8) is 0 Å². The standard InChI is InChI=1S/C19H26N4O/c1-16-11-20-23(12-16)18-9-6-10-22(14-18)19(24)15-21(2)13-17-7-4-3-5-8-17/h3-5,7-8,11-12,18H,6,9-10,13-15H2,1-2H3/t18-/m0/s1. The van der Waals surface area contributed by atoms with E-state index in [1.165, 1.54) is 11.1 Å². The Hall–Kier alpha value is -2.14. The number of likely N-dealkylation sites (tertiary alicyclic amines) is 1. The van der Waals surface area contributed by atoms with Crippen LogP contribution in [0.1, 0.15) is 30.0 Å². The van der Waals surface area contributed by atoms with Gasteiger partial charge < -0.3 is 4.90 Å². The third kappa shape index (κ3) is 4.23. The van der Waals surface area contributed by atoms with E-state index >= 15 is 0 Å². The first kappa shape index (κ1) is 16.7. The van der Waals surface area contributed by atoms with Crippen molar-refractivity contribution in [2.24, 2.45) is 0 Å². The summed E-state index contributed by atoms with van der Waals surface area (Å²) in [7, 11) is 2.00. The first-order chi connectivity index (χ1) is 11.6. The van der Waals surface area contributed by atoms with E-state index in [-0.39, 0.29) is 5.91 Å². The summed E-state index contributed by atoms with van der Waals surface area (Å²) in [5.41, 5.74) is 2.40. The average molecular weight is 326 g/mol. The number of benzene rings is 1. The number of likely N-dealkylation sites (N-methyl/N-ethyl adjacent to an activating group) is 1. The number of piperidine rings is 1. The quantitative estimate of drug-likeness (QED) is 0.848. The van der Waals surface area contributed by atoms with E-state index in [9.17, 15) is 4.79 Å². The molecule has 1 aromatic heterocycles. The summed E-state index contributed by atoms with van der Waals surface area (Å²) in [6.45, 7) is 4.92. The van der Waals surface area contributed by atoms with Crippen molar-refractivity contribution >= 4 is 5.91 Å². The SMILES string of the molecule is Cc1cnn([C@H]2CCCN(C(=O)CN(C)Cc3ccccc3)C2)c1. The van der Waals surface area contributed by atoms with Gasteiger partial charge in [0.2, 0.25) is 5.91 Å². The number of hydrogen-bond donors (Lipinski definition) is 0. The highest BCUT2D eigenvalue weighted by molar-refractivity contribution is 5.78. The molecule has 0 aliphatic carbocycles. The van der Waals surface area contributed by atoms with Gasteiger partial charge in [0, 0.05) is 25.8 Å². The van der Waals surface area contributed by atoms with Crippen LogP contribution in [0.3, 0.4) is 0 Å². The number of aromatic nitrogens is 2. The molecule has 1 aliphatic rings. The van der Waals surface area contributed by atoms with Gasteiger partial charge in [-0.3, -0.25) is 14.4 Å².